The van der Waals surface area contributed by atoms with E-state index in [0.29, 0.717) is 4.90 Å². The Bertz CT molecular complexity index is 569. The van der Waals surface area contributed by atoms with Crippen molar-refractivity contribution in [3.63, 3.8) is 0 Å². The highest BCUT2D eigenvalue weighted by atomic mass is 32.2. The second-order valence-corrected chi connectivity index (χ2v) is 5.49. The Balaban J connectivity index is 2.12. The fraction of sp³-hybridized carbons (Fsp3) is 0.267. The van der Waals surface area contributed by atoms with E-state index in [2.05, 4.69) is 17.2 Å². The van der Waals surface area contributed by atoms with Crippen LogP contribution in [0.3, 0.4) is 0 Å². The van der Waals surface area contributed by atoms with Gasteiger partial charge in [-0.3, -0.25) is 4.98 Å². The fourth-order valence-electron chi connectivity index (χ4n) is 1.90. The van der Waals surface area contributed by atoms with E-state index in [0.717, 1.165) is 23.1 Å². The van der Waals surface area contributed by atoms with E-state index < -0.39 is 11.6 Å². The first-order chi connectivity index (χ1) is 9.63. The van der Waals surface area contributed by atoms with Crippen LogP contribution in [0, 0.1) is 11.6 Å². The monoisotopic (exact) mass is 294 g/mol. The quantitative estimate of drug-likeness (QED) is 0.895. The summed E-state index contributed by atoms with van der Waals surface area (Å²) in [5, 5.41) is 3.19. The van der Waals surface area contributed by atoms with Gasteiger partial charge in [0.05, 0.1) is 5.69 Å². The van der Waals surface area contributed by atoms with Crippen LogP contribution in [0.15, 0.2) is 46.3 Å². The van der Waals surface area contributed by atoms with E-state index in [-0.39, 0.29) is 6.04 Å². The van der Waals surface area contributed by atoms with Crippen LogP contribution in [0.5, 0.6) is 0 Å². The molecule has 0 bridgehead atoms. The van der Waals surface area contributed by atoms with Crippen molar-refractivity contribution in [2.75, 3.05) is 7.05 Å². The zero-order chi connectivity index (χ0) is 14.5. The van der Waals surface area contributed by atoms with Gasteiger partial charge >= 0.3 is 0 Å². The summed E-state index contributed by atoms with van der Waals surface area (Å²) < 4.78 is 26.0. The zero-order valence-corrected chi connectivity index (χ0v) is 12.2. The number of benzene rings is 1. The number of hydrogen-bond donors (Lipinski definition) is 1. The molecular formula is C15H16F2N2S. The molecule has 1 heterocycles. The summed E-state index contributed by atoms with van der Waals surface area (Å²) in [6, 6.07) is 8.00. The van der Waals surface area contributed by atoms with Crippen LogP contribution < -0.4 is 5.32 Å². The molecule has 20 heavy (non-hydrogen) atoms. The lowest BCUT2D eigenvalue weighted by atomic mass is 10.1. The molecule has 0 spiro atoms. The minimum absolute atomic E-state index is 0.234. The molecule has 5 heteroatoms. The smallest absolute Gasteiger partial charge is 0.159 e. The van der Waals surface area contributed by atoms with Crippen molar-refractivity contribution in [1.29, 1.82) is 0 Å². The van der Waals surface area contributed by atoms with Crippen LogP contribution in [0.2, 0.25) is 0 Å². The summed E-state index contributed by atoms with van der Waals surface area (Å²) in [4.78, 5) is 5.95. The van der Waals surface area contributed by atoms with Crippen LogP contribution in [0.4, 0.5) is 8.78 Å². The SMILES string of the molecule is CCC(NC)c1ccc(Sc2ccc(F)c(F)c2)cn1. The maximum atomic E-state index is 13.1. The van der Waals surface area contributed by atoms with Gasteiger partial charge in [-0.05, 0) is 43.8 Å². The van der Waals surface area contributed by atoms with Gasteiger partial charge in [-0.1, -0.05) is 18.7 Å². The first-order valence-electron chi connectivity index (χ1n) is 6.40. The Morgan fingerprint density at radius 3 is 2.45 bits per heavy atom. The minimum atomic E-state index is -0.833. The molecule has 0 radical (unpaired) electrons. The van der Waals surface area contributed by atoms with Gasteiger partial charge in [-0.15, -0.1) is 0 Å². The summed E-state index contributed by atoms with van der Waals surface area (Å²) in [6.07, 6.45) is 2.71. The van der Waals surface area contributed by atoms with Crippen LogP contribution in [0.25, 0.3) is 0 Å². The largest absolute Gasteiger partial charge is 0.312 e. The number of rotatable bonds is 5. The normalized spacial score (nSPS) is 12.4. The summed E-state index contributed by atoms with van der Waals surface area (Å²) in [6.45, 7) is 2.09. The Morgan fingerprint density at radius 1 is 1.15 bits per heavy atom. The molecule has 1 aromatic heterocycles. The summed E-state index contributed by atoms with van der Waals surface area (Å²) >= 11 is 1.36. The Labute approximate surface area is 121 Å². The molecule has 106 valence electrons. The molecule has 0 saturated heterocycles. The van der Waals surface area contributed by atoms with E-state index in [1.54, 1.807) is 12.3 Å². The van der Waals surface area contributed by atoms with Crippen molar-refractivity contribution in [2.45, 2.75) is 29.2 Å². The van der Waals surface area contributed by atoms with Crippen molar-refractivity contribution in [1.82, 2.24) is 10.3 Å². The van der Waals surface area contributed by atoms with Gasteiger partial charge in [-0.25, -0.2) is 8.78 Å². The summed E-state index contributed by atoms with van der Waals surface area (Å²) in [5.41, 5.74) is 0.977. The molecular weight excluding hydrogens is 278 g/mol. The third kappa shape index (κ3) is 3.55. The van der Waals surface area contributed by atoms with Crippen LogP contribution in [-0.2, 0) is 0 Å². The number of halogens is 2. The molecule has 1 unspecified atom stereocenters. The topological polar surface area (TPSA) is 24.9 Å². The maximum absolute atomic E-state index is 13.1. The van der Waals surface area contributed by atoms with Gasteiger partial charge in [0.1, 0.15) is 0 Å². The third-order valence-electron chi connectivity index (χ3n) is 3.00. The first kappa shape index (κ1) is 14.9. The maximum Gasteiger partial charge on any atom is 0.159 e. The molecule has 2 aromatic rings. The van der Waals surface area contributed by atoms with E-state index in [9.17, 15) is 8.78 Å². The first-order valence-corrected chi connectivity index (χ1v) is 7.21. The molecule has 1 aromatic carbocycles. The minimum Gasteiger partial charge on any atom is -0.312 e. The molecule has 1 atom stereocenters. The highest BCUT2D eigenvalue weighted by Crippen LogP contribution is 2.28. The third-order valence-corrected chi connectivity index (χ3v) is 3.97. The van der Waals surface area contributed by atoms with Crippen molar-refractivity contribution >= 4 is 11.8 Å². The zero-order valence-electron chi connectivity index (χ0n) is 11.4. The number of hydrogen-bond acceptors (Lipinski definition) is 3. The van der Waals surface area contributed by atoms with Crippen molar-refractivity contribution in [3.8, 4) is 0 Å². The van der Waals surface area contributed by atoms with Gasteiger partial charge in [0, 0.05) is 22.0 Å². The lowest BCUT2D eigenvalue weighted by molar-refractivity contribution is 0.506. The molecule has 0 saturated carbocycles. The van der Waals surface area contributed by atoms with Crippen molar-refractivity contribution in [2.24, 2.45) is 0 Å². The van der Waals surface area contributed by atoms with Gasteiger partial charge in [0.2, 0.25) is 0 Å². The van der Waals surface area contributed by atoms with E-state index in [1.165, 1.54) is 17.8 Å². The predicted octanol–water partition coefficient (Wildman–Crippen LogP) is 4.18. The van der Waals surface area contributed by atoms with Crippen LogP contribution in [0.1, 0.15) is 25.1 Å². The highest BCUT2D eigenvalue weighted by molar-refractivity contribution is 7.99. The Morgan fingerprint density at radius 2 is 1.90 bits per heavy atom. The van der Waals surface area contributed by atoms with E-state index in [1.807, 2.05) is 19.2 Å². The van der Waals surface area contributed by atoms with Crippen LogP contribution >= 0.6 is 11.8 Å². The second-order valence-electron chi connectivity index (χ2n) is 4.35. The Kier molecular flexibility index (Phi) is 5.09. The molecule has 1 N–H and O–H groups in total. The van der Waals surface area contributed by atoms with Gasteiger partial charge in [0.25, 0.3) is 0 Å². The molecule has 0 aliphatic rings. The molecule has 0 aliphatic carbocycles. The number of nitrogens with zero attached hydrogens (tertiary/aromatic N) is 1. The van der Waals surface area contributed by atoms with Gasteiger partial charge in [0.15, 0.2) is 11.6 Å². The fourth-order valence-corrected chi connectivity index (χ4v) is 2.71. The van der Waals surface area contributed by atoms with Crippen molar-refractivity contribution in [3.05, 3.63) is 53.9 Å². The lowest BCUT2D eigenvalue weighted by Crippen LogP contribution is -2.16. The lowest BCUT2D eigenvalue weighted by Gasteiger charge is -2.13. The standard InChI is InChI=1S/C15H16F2N2S/c1-3-14(18-2)15-7-5-11(9-19-15)20-10-4-6-12(16)13(17)8-10/h4-9,14,18H,3H2,1-2H3. The average Bonchev–Trinajstić information content (AvgIpc) is 2.46. The molecule has 2 nitrogen and oxygen atoms in total. The average molecular weight is 294 g/mol. The van der Waals surface area contributed by atoms with E-state index in [4.69, 9.17) is 0 Å². The van der Waals surface area contributed by atoms with Crippen molar-refractivity contribution < 1.29 is 8.78 Å². The van der Waals surface area contributed by atoms with Gasteiger partial charge in [-0.2, -0.15) is 0 Å². The molecule has 2 rings (SSSR count). The van der Waals surface area contributed by atoms with Gasteiger partial charge < -0.3 is 5.32 Å². The summed E-state index contributed by atoms with van der Waals surface area (Å²) in [7, 11) is 1.90. The number of nitrogens with one attached hydrogen (secondary N) is 1. The molecule has 0 fully saturated rings. The predicted molar refractivity (Wildman–Crippen MR) is 76.8 cm³/mol. The summed E-state index contributed by atoms with van der Waals surface area (Å²) in [5.74, 6) is -1.66. The highest BCUT2D eigenvalue weighted by Gasteiger charge is 2.08. The Hall–Kier alpha value is -1.46. The number of aromatic nitrogens is 1. The number of pyridine rings is 1. The second kappa shape index (κ2) is 6.81. The van der Waals surface area contributed by atoms with Crippen LogP contribution in [-0.4, -0.2) is 12.0 Å². The molecule has 0 aliphatic heterocycles. The molecule has 0 amide bonds. The van der Waals surface area contributed by atoms with E-state index >= 15 is 0 Å².